The third-order valence-corrected chi connectivity index (χ3v) is 2.27. The van der Waals surface area contributed by atoms with Crippen molar-refractivity contribution < 1.29 is 0 Å². The monoisotopic (exact) mass is 158 g/mol. The van der Waals surface area contributed by atoms with E-state index in [0.29, 0.717) is 17.9 Å². The van der Waals surface area contributed by atoms with E-state index in [4.69, 9.17) is 5.84 Å². The summed E-state index contributed by atoms with van der Waals surface area (Å²) >= 11 is 0. The molecule has 0 amide bonds. The van der Waals surface area contributed by atoms with Crippen molar-refractivity contribution in [3.05, 3.63) is 0 Å². The van der Waals surface area contributed by atoms with Crippen LogP contribution in [0, 0.1) is 11.8 Å². The Hall–Kier alpha value is -0.0800. The average Bonchev–Trinajstić information content (AvgIpc) is 1.88. The van der Waals surface area contributed by atoms with E-state index < -0.39 is 0 Å². The predicted octanol–water partition coefficient (Wildman–Crippen LogP) is 1.91. The normalized spacial score (nSPS) is 16.9. The summed E-state index contributed by atoms with van der Waals surface area (Å²) in [4.78, 5) is 0. The van der Waals surface area contributed by atoms with Gasteiger partial charge >= 0.3 is 0 Å². The average molecular weight is 158 g/mol. The fourth-order valence-electron chi connectivity index (χ4n) is 1.65. The Labute approximate surface area is 70.5 Å². The van der Waals surface area contributed by atoms with Crippen LogP contribution >= 0.6 is 0 Å². The van der Waals surface area contributed by atoms with Crippen molar-refractivity contribution >= 4 is 0 Å². The number of hydrazine groups is 1. The zero-order chi connectivity index (χ0) is 8.85. The van der Waals surface area contributed by atoms with Gasteiger partial charge in [0.2, 0.25) is 0 Å². The summed E-state index contributed by atoms with van der Waals surface area (Å²) in [6, 6.07) is 0.468. The van der Waals surface area contributed by atoms with Crippen molar-refractivity contribution in [2.45, 2.75) is 46.6 Å². The molecule has 0 rings (SSSR count). The Kier molecular flexibility index (Phi) is 5.51. The second-order valence-corrected chi connectivity index (χ2v) is 3.70. The van der Waals surface area contributed by atoms with Gasteiger partial charge in [0.25, 0.3) is 0 Å². The van der Waals surface area contributed by atoms with E-state index in [1.54, 1.807) is 0 Å². The molecule has 0 aliphatic rings. The Balaban J connectivity index is 3.81. The first-order valence-corrected chi connectivity index (χ1v) is 4.59. The lowest BCUT2D eigenvalue weighted by molar-refractivity contribution is 0.287. The molecule has 0 heterocycles. The van der Waals surface area contributed by atoms with Crippen molar-refractivity contribution in [2.24, 2.45) is 17.7 Å². The lowest BCUT2D eigenvalue weighted by atomic mass is 9.89. The maximum atomic E-state index is 5.45. The van der Waals surface area contributed by atoms with Gasteiger partial charge in [-0.05, 0) is 18.3 Å². The molecule has 11 heavy (non-hydrogen) atoms. The number of hydrogen-bond acceptors (Lipinski definition) is 2. The SMILES string of the molecule is CCC[C@@H](C)[C@H](NN)C(C)C. The Morgan fingerprint density at radius 2 is 1.82 bits per heavy atom. The quantitative estimate of drug-likeness (QED) is 0.474. The van der Waals surface area contributed by atoms with Gasteiger partial charge in [0.1, 0.15) is 0 Å². The summed E-state index contributed by atoms with van der Waals surface area (Å²) in [5, 5.41) is 0. The Morgan fingerprint density at radius 3 is 2.09 bits per heavy atom. The first-order chi connectivity index (χ1) is 5.13. The summed E-state index contributed by atoms with van der Waals surface area (Å²) < 4.78 is 0. The van der Waals surface area contributed by atoms with Gasteiger partial charge in [-0.2, -0.15) is 0 Å². The zero-order valence-corrected chi connectivity index (χ0v) is 8.22. The largest absolute Gasteiger partial charge is 0.271 e. The third-order valence-electron chi connectivity index (χ3n) is 2.27. The highest BCUT2D eigenvalue weighted by Crippen LogP contribution is 2.16. The molecule has 2 atom stereocenters. The highest BCUT2D eigenvalue weighted by molar-refractivity contribution is 4.73. The predicted molar refractivity (Wildman–Crippen MR) is 50.0 cm³/mol. The molecule has 0 spiro atoms. The van der Waals surface area contributed by atoms with Crippen LogP contribution in [0.1, 0.15) is 40.5 Å². The van der Waals surface area contributed by atoms with Gasteiger partial charge in [0.05, 0.1) is 0 Å². The number of nitrogens with two attached hydrogens (primary N) is 1. The standard InChI is InChI=1S/C9H22N2/c1-5-6-8(4)9(11-10)7(2)3/h7-9,11H,5-6,10H2,1-4H3/t8-,9-/m1/s1. The van der Waals surface area contributed by atoms with Gasteiger partial charge in [-0.1, -0.05) is 34.1 Å². The lowest BCUT2D eigenvalue weighted by Gasteiger charge is -2.26. The Morgan fingerprint density at radius 1 is 1.27 bits per heavy atom. The molecule has 0 aromatic rings. The van der Waals surface area contributed by atoms with E-state index in [0.717, 1.165) is 0 Å². The van der Waals surface area contributed by atoms with Crippen LogP contribution < -0.4 is 11.3 Å². The molecule has 0 saturated carbocycles. The van der Waals surface area contributed by atoms with Gasteiger partial charge < -0.3 is 0 Å². The van der Waals surface area contributed by atoms with E-state index in [2.05, 4.69) is 33.1 Å². The minimum absolute atomic E-state index is 0.468. The molecule has 2 heteroatoms. The van der Waals surface area contributed by atoms with Gasteiger partial charge in [0.15, 0.2) is 0 Å². The third kappa shape index (κ3) is 3.73. The second kappa shape index (κ2) is 5.56. The lowest BCUT2D eigenvalue weighted by Crippen LogP contribution is -2.43. The van der Waals surface area contributed by atoms with Gasteiger partial charge in [-0.15, -0.1) is 0 Å². The van der Waals surface area contributed by atoms with Crippen molar-refractivity contribution in [1.82, 2.24) is 5.43 Å². The molecule has 2 nitrogen and oxygen atoms in total. The second-order valence-electron chi connectivity index (χ2n) is 3.70. The summed E-state index contributed by atoms with van der Waals surface area (Å²) in [5.41, 5.74) is 2.89. The van der Waals surface area contributed by atoms with E-state index in [9.17, 15) is 0 Å². The van der Waals surface area contributed by atoms with Crippen LogP contribution in [0.25, 0.3) is 0 Å². The van der Waals surface area contributed by atoms with Crippen molar-refractivity contribution in [3.63, 3.8) is 0 Å². The highest BCUT2D eigenvalue weighted by atomic mass is 15.2. The maximum absolute atomic E-state index is 5.45. The van der Waals surface area contributed by atoms with Crippen LogP contribution in [0.4, 0.5) is 0 Å². The van der Waals surface area contributed by atoms with Crippen molar-refractivity contribution in [1.29, 1.82) is 0 Å². The van der Waals surface area contributed by atoms with E-state index in [1.807, 2.05) is 0 Å². The first-order valence-electron chi connectivity index (χ1n) is 4.59. The smallest absolute Gasteiger partial charge is 0.0259 e. The van der Waals surface area contributed by atoms with Crippen LogP contribution in [0.2, 0.25) is 0 Å². The minimum atomic E-state index is 0.468. The van der Waals surface area contributed by atoms with Crippen molar-refractivity contribution in [2.75, 3.05) is 0 Å². The number of rotatable bonds is 5. The summed E-state index contributed by atoms with van der Waals surface area (Å²) in [6.07, 6.45) is 2.50. The van der Waals surface area contributed by atoms with E-state index in [1.165, 1.54) is 12.8 Å². The molecule has 0 aliphatic carbocycles. The van der Waals surface area contributed by atoms with Crippen molar-refractivity contribution in [3.8, 4) is 0 Å². The topological polar surface area (TPSA) is 38.0 Å². The first kappa shape index (κ1) is 10.9. The molecule has 68 valence electrons. The Bertz CT molecular complexity index is 91.6. The number of nitrogens with one attached hydrogen (secondary N) is 1. The maximum Gasteiger partial charge on any atom is 0.0259 e. The molecule has 0 saturated heterocycles. The van der Waals surface area contributed by atoms with Crippen LogP contribution in [0.15, 0.2) is 0 Å². The number of hydrogen-bond donors (Lipinski definition) is 2. The molecule has 0 radical (unpaired) electrons. The van der Waals surface area contributed by atoms with Gasteiger partial charge in [0, 0.05) is 6.04 Å². The van der Waals surface area contributed by atoms with E-state index >= 15 is 0 Å². The zero-order valence-electron chi connectivity index (χ0n) is 8.22. The molecule has 0 fully saturated rings. The summed E-state index contributed by atoms with van der Waals surface area (Å²) in [6.45, 7) is 8.88. The van der Waals surface area contributed by atoms with Crippen LogP contribution in [-0.2, 0) is 0 Å². The van der Waals surface area contributed by atoms with Gasteiger partial charge in [-0.25, -0.2) is 0 Å². The summed E-state index contributed by atoms with van der Waals surface area (Å²) in [5.74, 6) is 6.77. The van der Waals surface area contributed by atoms with Crippen LogP contribution in [0.3, 0.4) is 0 Å². The van der Waals surface area contributed by atoms with Crippen LogP contribution in [-0.4, -0.2) is 6.04 Å². The van der Waals surface area contributed by atoms with Gasteiger partial charge in [-0.3, -0.25) is 11.3 Å². The molecule has 3 N–H and O–H groups in total. The molecule has 0 aliphatic heterocycles. The van der Waals surface area contributed by atoms with Crippen LogP contribution in [0.5, 0.6) is 0 Å². The highest BCUT2D eigenvalue weighted by Gasteiger charge is 2.17. The molecule has 0 unspecified atom stereocenters. The molecular formula is C9H22N2. The molecule has 0 aromatic carbocycles. The summed E-state index contributed by atoms with van der Waals surface area (Å²) in [7, 11) is 0. The van der Waals surface area contributed by atoms with E-state index in [-0.39, 0.29) is 0 Å². The fraction of sp³-hybridized carbons (Fsp3) is 1.00. The molecule has 0 bridgehead atoms. The molecular weight excluding hydrogens is 136 g/mol. The fourth-order valence-corrected chi connectivity index (χ4v) is 1.65. The minimum Gasteiger partial charge on any atom is -0.271 e. The molecule has 0 aromatic heterocycles.